The average molecular weight is 345 g/mol. The monoisotopic (exact) mass is 345 g/mol. The van der Waals surface area contributed by atoms with Crippen molar-refractivity contribution in [3.05, 3.63) is 58.5 Å². The van der Waals surface area contributed by atoms with E-state index in [0.29, 0.717) is 31.8 Å². The molecule has 1 aromatic heterocycles. The molecule has 0 saturated carbocycles. The fourth-order valence-corrected chi connectivity index (χ4v) is 2.27. The molecule has 8 heteroatoms. The number of non-ortho nitro benzene ring substituents is 1. The maximum atomic E-state index is 10.6. The topological polar surface area (TPSA) is 113 Å². The number of hydrogen-bond donors (Lipinski definition) is 1. The lowest BCUT2D eigenvalue weighted by molar-refractivity contribution is -0.384. The molecule has 132 valence electrons. The van der Waals surface area contributed by atoms with Crippen molar-refractivity contribution in [1.82, 2.24) is 4.90 Å². The van der Waals surface area contributed by atoms with Crippen LogP contribution in [0.3, 0.4) is 0 Å². The Kier molecular flexibility index (Phi) is 6.95. The van der Waals surface area contributed by atoms with Crippen molar-refractivity contribution in [2.75, 3.05) is 19.7 Å². The number of nitro benzene ring substituents is 1. The van der Waals surface area contributed by atoms with Crippen LogP contribution in [0.4, 0.5) is 5.69 Å². The van der Waals surface area contributed by atoms with E-state index in [-0.39, 0.29) is 12.3 Å². The molecule has 1 N–H and O–H groups in total. The smallest absolute Gasteiger partial charge is 0.269 e. The molecule has 0 aliphatic rings. The molecular weight excluding hydrogens is 326 g/mol. The Labute approximate surface area is 145 Å². The van der Waals surface area contributed by atoms with Gasteiger partial charge in [0.2, 0.25) is 0 Å². The number of nitrogens with zero attached hydrogens (tertiary/aromatic N) is 3. The number of hydrogen-bond acceptors (Lipinski definition) is 7. The lowest BCUT2D eigenvalue weighted by Gasteiger charge is -2.23. The van der Waals surface area contributed by atoms with Crippen LogP contribution < -0.4 is 4.74 Å². The predicted molar refractivity (Wildman–Crippen MR) is 88.8 cm³/mol. The van der Waals surface area contributed by atoms with Crippen LogP contribution >= 0.6 is 0 Å². The third-order valence-electron chi connectivity index (χ3n) is 3.46. The number of aliphatic hydroxyl groups is 1. The van der Waals surface area contributed by atoms with E-state index in [1.54, 1.807) is 12.3 Å². The Morgan fingerprint density at radius 3 is 2.72 bits per heavy atom. The molecule has 1 aromatic carbocycles. The van der Waals surface area contributed by atoms with Crippen molar-refractivity contribution in [3.8, 4) is 11.8 Å². The van der Waals surface area contributed by atoms with Crippen LogP contribution in [0.1, 0.15) is 12.2 Å². The van der Waals surface area contributed by atoms with Gasteiger partial charge in [0.05, 0.1) is 23.8 Å². The summed E-state index contributed by atoms with van der Waals surface area (Å²) in [5, 5.41) is 29.5. The molecule has 0 radical (unpaired) electrons. The number of furan rings is 1. The quantitative estimate of drug-likeness (QED) is 0.519. The molecule has 0 fully saturated rings. The van der Waals surface area contributed by atoms with E-state index in [2.05, 4.69) is 6.07 Å². The third-order valence-corrected chi connectivity index (χ3v) is 3.46. The normalized spacial score (nSPS) is 11.9. The fraction of sp³-hybridized carbons (Fsp3) is 0.353. The summed E-state index contributed by atoms with van der Waals surface area (Å²) < 4.78 is 10.7. The van der Waals surface area contributed by atoms with Crippen molar-refractivity contribution < 1.29 is 19.2 Å². The summed E-state index contributed by atoms with van der Waals surface area (Å²) in [4.78, 5) is 12.0. The Hall–Kier alpha value is -2.89. The molecule has 2 aromatic rings. The van der Waals surface area contributed by atoms with Crippen molar-refractivity contribution >= 4 is 5.69 Å². The minimum absolute atomic E-state index is 0.0194. The van der Waals surface area contributed by atoms with Crippen molar-refractivity contribution in [3.63, 3.8) is 0 Å². The van der Waals surface area contributed by atoms with E-state index < -0.39 is 11.0 Å². The molecule has 25 heavy (non-hydrogen) atoms. The highest BCUT2D eigenvalue weighted by Crippen LogP contribution is 2.17. The molecule has 0 aliphatic carbocycles. The highest BCUT2D eigenvalue weighted by Gasteiger charge is 2.14. The van der Waals surface area contributed by atoms with Gasteiger partial charge in [-0.2, -0.15) is 5.26 Å². The summed E-state index contributed by atoms with van der Waals surface area (Å²) in [5.74, 6) is 1.20. The van der Waals surface area contributed by atoms with Gasteiger partial charge >= 0.3 is 0 Å². The zero-order chi connectivity index (χ0) is 18.1. The van der Waals surface area contributed by atoms with E-state index >= 15 is 0 Å². The fourth-order valence-electron chi connectivity index (χ4n) is 2.27. The Morgan fingerprint density at radius 2 is 2.12 bits per heavy atom. The largest absolute Gasteiger partial charge is 0.491 e. The Morgan fingerprint density at radius 1 is 1.36 bits per heavy atom. The summed E-state index contributed by atoms with van der Waals surface area (Å²) in [5.41, 5.74) is -0.0194. The lowest BCUT2D eigenvalue weighted by atomic mass is 10.3. The van der Waals surface area contributed by atoms with E-state index in [4.69, 9.17) is 14.4 Å². The van der Waals surface area contributed by atoms with Crippen LogP contribution in [-0.2, 0) is 6.54 Å². The molecule has 1 atom stereocenters. The zero-order valence-corrected chi connectivity index (χ0v) is 13.6. The maximum Gasteiger partial charge on any atom is 0.269 e. The zero-order valence-electron chi connectivity index (χ0n) is 13.6. The van der Waals surface area contributed by atoms with Gasteiger partial charge in [-0.3, -0.25) is 15.0 Å². The van der Waals surface area contributed by atoms with Gasteiger partial charge in [-0.05, 0) is 24.3 Å². The third kappa shape index (κ3) is 6.25. The van der Waals surface area contributed by atoms with Gasteiger partial charge < -0.3 is 14.3 Å². The van der Waals surface area contributed by atoms with E-state index in [0.717, 1.165) is 5.76 Å². The number of aliphatic hydroxyl groups excluding tert-OH is 1. The molecule has 0 saturated heterocycles. The highest BCUT2D eigenvalue weighted by atomic mass is 16.6. The van der Waals surface area contributed by atoms with Crippen molar-refractivity contribution in [2.24, 2.45) is 0 Å². The molecule has 2 rings (SSSR count). The molecular formula is C17H19N3O5. The number of nitro groups is 1. The summed E-state index contributed by atoms with van der Waals surface area (Å²) in [7, 11) is 0. The minimum atomic E-state index is -0.774. The van der Waals surface area contributed by atoms with Crippen LogP contribution in [0.2, 0.25) is 0 Å². The van der Waals surface area contributed by atoms with Crippen LogP contribution in [0.5, 0.6) is 5.75 Å². The number of ether oxygens (including phenoxy) is 1. The second-order valence-electron chi connectivity index (χ2n) is 5.44. The molecule has 1 unspecified atom stereocenters. The van der Waals surface area contributed by atoms with Gasteiger partial charge in [0.1, 0.15) is 24.2 Å². The van der Waals surface area contributed by atoms with Crippen LogP contribution in [0.25, 0.3) is 0 Å². The maximum absolute atomic E-state index is 10.6. The number of rotatable bonds is 10. The van der Waals surface area contributed by atoms with Crippen LogP contribution in [0, 0.1) is 21.4 Å². The second kappa shape index (κ2) is 9.42. The minimum Gasteiger partial charge on any atom is -0.491 e. The molecule has 1 heterocycles. The Balaban J connectivity index is 1.84. The number of benzene rings is 1. The van der Waals surface area contributed by atoms with Gasteiger partial charge in [0.25, 0.3) is 5.69 Å². The summed E-state index contributed by atoms with van der Waals surface area (Å²) >= 11 is 0. The molecule has 8 nitrogen and oxygen atoms in total. The average Bonchev–Trinajstić information content (AvgIpc) is 3.11. The summed E-state index contributed by atoms with van der Waals surface area (Å²) in [6, 6.07) is 11.4. The first-order valence-electron chi connectivity index (χ1n) is 7.75. The van der Waals surface area contributed by atoms with E-state index in [9.17, 15) is 15.2 Å². The molecule has 0 aliphatic heterocycles. The summed E-state index contributed by atoms with van der Waals surface area (Å²) in [6.07, 6.45) is 1.15. The predicted octanol–water partition coefficient (Wildman–Crippen LogP) is 2.34. The van der Waals surface area contributed by atoms with E-state index in [1.165, 1.54) is 24.3 Å². The van der Waals surface area contributed by atoms with Crippen LogP contribution in [0.15, 0.2) is 47.1 Å². The Bertz CT molecular complexity index is 694. The van der Waals surface area contributed by atoms with E-state index in [1.807, 2.05) is 11.0 Å². The first kappa shape index (κ1) is 18.4. The van der Waals surface area contributed by atoms with Crippen molar-refractivity contribution in [1.29, 1.82) is 5.26 Å². The SMILES string of the molecule is N#CCCN(Cc1ccco1)CC(O)COc1ccc([N+](=O)[O-])cc1. The second-order valence-corrected chi connectivity index (χ2v) is 5.44. The van der Waals surface area contributed by atoms with Crippen molar-refractivity contribution in [2.45, 2.75) is 19.1 Å². The highest BCUT2D eigenvalue weighted by molar-refractivity contribution is 5.35. The molecule has 0 spiro atoms. The van der Waals surface area contributed by atoms with Gasteiger partial charge in [-0.25, -0.2) is 0 Å². The van der Waals surface area contributed by atoms with Gasteiger partial charge in [0.15, 0.2) is 0 Å². The van der Waals surface area contributed by atoms with Gasteiger partial charge in [0, 0.05) is 31.6 Å². The first-order valence-corrected chi connectivity index (χ1v) is 7.75. The van der Waals surface area contributed by atoms with Gasteiger partial charge in [-0.1, -0.05) is 0 Å². The van der Waals surface area contributed by atoms with Gasteiger partial charge in [-0.15, -0.1) is 0 Å². The summed E-state index contributed by atoms with van der Waals surface area (Å²) in [6.45, 7) is 1.35. The lowest BCUT2D eigenvalue weighted by Crippen LogP contribution is -2.35. The standard InChI is InChI=1S/C17H19N3O5/c18-8-2-9-19(12-17-3-1-10-24-17)11-15(21)13-25-16-6-4-14(5-7-16)20(22)23/h1,3-7,10,15,21H,2,9,11-13H2. The first-order chi connectivity index (χ1) is 12.1. The number of nitriles is 1. The molecule has 0 amide bonds. The van der Waals surface area contributed by atoms with Crippen LogP contribution in [-0.4, -0.2) is 40.7 Å². The molecule has 0 bridgehead atoms.